The average molecular weight is 234 g/mol. The molecule has 0 aromatic heterocycles. The van der Waals surface area contributed by atoms with E-state index in [0.29, 0.717) is 0 Å². The summed E-state index contributed by atoms with van der Waals surface area (Å²) in [5.74, 6) is 0.265. The van der Waals surface area contributed by atoms with Gasteiger partial charge in [0.15, 0.2) is 0 Å². The monoisotopic (exact) mass is 233 g/mol. The van der Waals surface area contributed by atoms with Crippen molar-refractivity contribution in [2.45, 2.75) is 0 Å². The Morgan fingerprint density at radius 2 is 2.29 bits per heavy atom. The van der Waals surface area contributed by atoms with E-state index >= 15 is 0 Å². The first kappa shape index (κ1) is 10.8. The maximum Gasteiger partial charge on any atom is 0.273 e. The van der Waals surface area contributed by atoms with Crippen molar-refractivity contribution in [3.63, 3.8) is 0 Å². The van der Waals surface area contributed by atoms with E-state index in [1.54, 1.807) is 0 Å². The SMILES string of the molecule is O=[N+]([O-])c1cccc(OC(Cl)=CCl)c1. The molecule has 6 heteroatoms. The van der Waals surface area contributed by atoms with Gasteiger partial charge in [0.05, 0.1) is 16.5 Å². The quantitative estimate of drug-likeness (QED) is 0.458. The normalized spacial score (nSPS) is 11.1. The Balaban J connectivity index is 2.89. The lowest BCUT2D eigenvalue weighted by Crippen LogP contribution is -1.90. The first-order valence-electron chi connectivity index (χ1n) is 3.51. The number of rotatable bonds is 3. The molecule has 14 heavy (non-hydrogen) atoms. The van der Waals surface area contributed by atoms with E-state index < -0.39 is 4.92 Å². The van der Waals surface area contributed by atoms with Crippen LogP contribution in [0.15, 0.2) is 35.0 Å². The molecule has 0 aliphatic heterocycles. The Bertz CT molecular complexity index is 379. The fraction of sp³-hybridized carbons (Fsp3) is 0. The van der Waals surface area contributed by atoms with Crippen molar-refractivity contribution in [1.29, 1.82) is 0 Å². The molecule has 0 fully saturated rings. The van der Waals surface area contributed by atoms with Gasteiger partial charge < -0.3 is 4.74 Å². The molecule has 0 saturated heterocycles. The maximum absolute atomic E-state index is 10.4. The molecule has 0 aliphatic carbocycles. The van der Waals surface area contributed by atoms with Crippen molar-refractivity contribution in [3.05, 3.63) is 45.1 Å². The van der Waals surface area contributed by atoms with Crippen LogP contribution in [-0.4, -0.2) is 4.92 Å². The average Bonchev–Trinajstić information content (AvgIpc) is 2.18. The van der Waals surface area contributed by atoms with Gasteiger partial charge in [-0.1, -0.05) is 17.7 Å². The number of nitro benzene ring substituents is 1. The van der Waals surface area contributed by atoms with Crippen LogP contribution in [0, 0.1) is 10.1 Å². The van der Waals surface area contributed by atoms with E-state index in [2.05, 4.69) is 0 Å². The zero-order valence-corrected chi connectivity index (χ0v) is 8.33. The second-order valence-corrected chi connectivity index (χ2v) is 2.86. The van der Waals surface area contributed by atoms with Gasteiger partial charge in [-0.3, -0.25) is 10.1 Å². The Morgan fingerprint density at radius 3 is 2.86 bits per heavy atom. The Kier molecular flexibility index (Phi) is 3.73. The molecule has 0 radical (unpaired) electrons. The van der Waals surface area contributed by atoms with Crippen molar-refractivity contribution in [3.8, 4) is 5.75 Å². The standard InChI is InChI=1S/C8H5Cl2NO3/c9-5-8(10)14-7-3-1-2-6(4-7)11(12)13/h1-5H. The highest BCUT2D eigenvalue weighted by atomic mass is 35.5. The fourth-order valence-electron chi connectivity index (χ4n) is 0.795. The lowest BCUT2D eigenvalue weighted by Gasteiger charge is -2.01. The number of ether oxygens (including phenoxy) is 1. The molecule has 0 amide bonds. The second-order valence-electron chi connectivity index (χ2n) is 2.27. The number of nitro groups is 1. The van der Waals surface area contributed by atoms with E-state index in [1.165, 1.54) is 24.3 Å². The van der Waals surface area contributed by atoms with Gasteiger partial charge in [0.25, 0.3) is 5.69 Å². The van der Waals surface area contributed by atoms with Gasteiger partial charge in [0, 0.05) is 6.07 Å². The summed E-state index contributed by atoms with van der Waals surface area (Å²) in [5, 5.41) is 10.3. The van der Waals surface area contributed by atoms with Crippen LogP contribution in [0.5, 0.6) is 5.75 Å². The molecule has 0 bridgehead atoms. The summed E-state index contributed by atoms with van der Waals surface area (Å²) in [6, 6.07) is 5.63. The number of benzene rings is 1. The van der Waals surface area contributed by atoms with Crippen LogP contribution in [0.4, 0.5) is 5.69 Å². The minimum Gasteiger partial charge on any atom is -0.444 e. The van der Waals surface area contributed by atoms with Gasteiger partial charge in [-0.2, -0.15) is 0 Å². The molecule has 0 saturated carbocycles. The predicted molar refractivity (Wildman–Crippen MR) is 53.5 cm³/mol. The first-order valence-corrected chi connectivity index (χ1v) is 4.33. The third kappa shape index (κ3) is 2.90. The largest absolute Gasteiger partial charge is 0.444 e. The third-order valence-electron chi connectivity index (χ3n) is 1.33. The Morgan fingerprint density at radius 1 is 1.57 bits per heavy atom. The van der Waals surface area contributed by atoms with Crippen LogP contribution >= 0.6 is 23.2 Å². The van der Waals surface area contributed by atoms with Crippen LogP contribution in [0.2, 0.25) is 0 Å². The number of hydrogen-bond donors (Lipinski definition) is 0. The van der Waals surface area contributed by atoms with Crippen molar-refractivity contribution in [2.75, 3.05) is 0 Å². The molecule has 0 spiro atoms. The number of hydrogen-bond acceptors (Lipinski definition) is 3. The van der Waals surface area contributed by atoms with Gasteiger partial charge in [0.1, 0.15) is 5.75 Å². The summed E-state index contributed by atoms with van der Waals surface area (Å²) >= 11 is 10.7. The van der Waals surface area contributed by atoms with Crippen LogP contribution < -0.4 is 4.74 Å². The highest BCUT2D eigenvalue weighted by Crippen LogP contribution is 2.22. The Hall–Kier alpha value is -1.26. The van der Waals surface area contributed by atoms with Crippen LogP contribution in [0.3, 0.4) is 0 Å². The summed E-state index contributed by atoms with van der Waals surface area (Å²) in [4.78, 5) is 9.86. The van der Waals surface area contributed by atoms with E-state index in [0.717, 1.165) is 5.54 Å². The van der Waals surface area contributed by atoms with Crippen molar-refractivity contribution < 1.29 is 9.66 Å². The summed E-state index contributed by atoms with van der Waals surface area (Å²) in [7, 11) is 0. The molecule has 1 rings (SSSR count). The maximum atomic E-state index is 10.4. The van der Waals surface area contributed by atoms with E-state index in [9.17, 15) is 10.1 Å². The van der Waals surface area contributed by atoms with Crippen LogP contribution in [0.1, 0.15) is 0 Å². The molecule has 0 aliphatic rings. The second kappa shape index (κ2) is 4.83. The van der Waals surface area contributed by atoms with E-state index in [1.807, 2.05) is 0 Å². The minimum atomic E-state index is -0.523. The molecule has 0 unspecified atom stereocenters. The molecule has 1 aromatic rings. The minimum absolute atomic E-state index is 0.0489. The molecule has 74 valence electrons. The summed E-state index contributed by atoms with van der Waals surface area (Å²) in [6.07, 6.45) is 0. The smallest absolute Gasteiger partial charge is 0.273 e. The van der Waals surface area contributed by atoms with Gasteiger partial charge in [-0.05, 0) is 17.7 Å². The highest BCUT2D eigenvalue weighted by Gasteiger charge is 2.06. The van der Waals surface area contributed by atoms with Gasteiger partial charge in [-0.25, -0.2) is 0 Å². The number of halogens is 2. The van der Waals surface area contributed by atoms with Gasteiger partial charge in [0.2, 0.25) is 5.22 Å². The van der Waals surface area contributed by atoms with Crippen molar-refractivity contribution in [2.24, 2.45) is 0 Å². The molecule has 1 aromatic carbocycles. The summed E-state index contributed by atoms with van der Waals surface area (Å²) in [5.41, 5.74) is 0.960. The number of non-ortho nitro benzene ring substituents is 1. The summed E-state index contributed by atoms with van der Waals surface area (Å²) < 4.78 is 4.94. The molecule has 0 atom stereocenters. The lowest BCUT2D eigenvalue weighted by atomic mass is 10.3. The number of nitrogens with zero attached hydrogens (tertiary/aromatic N) is 1. The summed E-state index contributed by atoms with van der Waals surface area (Å²) in [6.45, 7) is 0. The molecule has 0 heterocycles. The van der Waals surface area contributed by atoms with Crippen molar-refractivity contribution in [1.82, 2.24) is 0 Å². The molecule has 4 nitrogen and oxygen atoms in total. The first-order chi connectivity index (χ1) is 6.63. The topological polar surface area (TPSA) is 52.4 Å². The third-order valence-corrected chi connectivity index (χ3v) is 1.83. The fourth-order valence-corrected chi connectivity index (χ4v) is 0.929. The van der Waals surface area contributed by atoms with E-state index in [4.69, 9.17) is 27.9 Å². The van der Waals surface area contributed by atoms with Crippen LogP contribution in [0.25, 0.3) is 0 Å². The van der Waals surface area contributed by atoms with Crippen LogP contribution in [-0.2, 0) is 0 Å². The molecule has 0 N–H and O–H groups in total. The Labute approximate surface area is 89.8 Å². The van der Waals surface area contributed by atoms with Gasteiger partial charge >= 0.3 is 0 Å². The zero-order valence-electron chi connectivity index (χ0n) is 6.81. The zero-order chi connectivity index (χ0) is 10.6. The van der Waals surface area contributed by atoms with Gasteiger partial charge in [-0.15, -0.1) is 0 Å². The lowest BCUT2D eigenvalue weighted by molar-refractivity contribution is -0.384. The molecular formula is C8H5Cl2NO3. The predicted octanol–water partition coefficient (Wildman–Crippen LogP) is 3.25. The van der Waals surface area contributed by atoms with E-state index in [-0.39, 0.29) is 16.7 Å². The molecular weight excluding hydrogens is 229 g/mol. The van der Waals surface area contributed by atoms with Crippen molar-refractivity contribution >= 4 is 28.9 Å². The highest BCUT2D eigenvalue weighted by molar-refractivity contribution is 6.35.